The minimum Gasteiger partial charge on any atom is -0.483 e. The number of hydrogen-bond donors (Lipinski definition) is 1. The summed E-state index contributed by atoms with van der Waals surface area (Å²) < 4.78 is 16.6. The van der Waals surface area contributed by atoms with E-state index in [1.54, 1.807) is 48.5 Å². The molecule has 2 amide bonds. The van der Waals surface area contributed by atoms with E-state index in [4.69, 9.17) is 37.1 Å². The smallest absolute Gasteiger partial charge is 0.415 e. The summed E-state index contributed by atoms with van der Waals surface area (Å²) in [4.78, 5) is 23.4. The number of nitrogens with zero attached hydrogens (tertiary/aromatic N) is 2. The zero-order chi connectivity index (χ0) is 21.8. The first-order valence-corrected chi connectivity index (χ1v) is 10.4. The van der Waals surface area contributed by atoms with E-state index >= 15 is 0 Å². The number of amides is 2. The molecule has 1 aromatic heterocycles. The molecule has 0 spiro atoms. The number of ether oxygens (including phenoxy) is 2. The molecule has 0 aliphatic carbocycles. The normalized spacial score (nSPS) is 14.7. The molecule has 31 heavy (non-hydrogen) atoms. The zero-order valence-corrected chi connectivity index (χ0v) is 18.0. The molecule has 0 radical (unpaired) electrons. The van der Waals surface area contributed by atoms with Gasteiger partial charge in [-0.2, -0.15) is 0 Å². The molecule has 3 aromatic rings. The second kappa shape index (κ2) is 9.42. The molecule has 1 aliphatic rings. The van der Waals surface area contributed by atoms with Crippen molar-refractivity contribution in [3.8, 4) is 11.8 Å². The average Bonchev–Trinajstić information content (AvgIpc) is 3.32. The van der Waals surface area contributed by atoms with Crippen molar-refractivity contribution in [2.75, 3.05) is 0 Å². The lowest BCUT2D eigenvalue weighted by Gasteiger charge is -2.07. The number of rotatable bonds is 7. The Balaban J connectivity index is 1.40. The quantitative estimate of drug-likeness (QED) is 0.481. The van der Waals surface area contributed by atoms with Gasteiger partial charge in [-0.25, -0.2) is 0 Å². The first-order chi connectivity index (χ1) is 15.0. The molecule has 8 nitrogen and oxygen atoms in total. The minimum absolute atomic E-state index is 0.0261. The van der Waals surface area contributed by atoms with Gasteiger partial charge in [0.05, 0.1) is 4.91 Å². The van der Waals surface area contributed by atoms with E-state index in [2.05, 4.69) is 15.5 Å². The number of carbonyl (C=O) groups excluding carboxylic acids is 2. The standard InChI is InChI=1S/C20H13Cl2N3O5S/c21-13-5-3-6-14(22)12(13)9-29-20-25-24-17(30-20)10-28-15-7-2-1-4-11(15)8-16-18(26)23-19(27)31-16/h1-8H,9-10H2,(H,23,26,27)/b16-8+. The first kappa shape index (κ1) is 21.2. The molecule has 0 atom stereocenters. The number of aromatic nitrogens is 2. The van der Waals surface area contributed by atoms with Gasteiger partial charge in [0.15, 0.2) is 6.61 Å². The Kier molecular flexibility index (Phi) is 6.45. The Bertz CT molecular complexity index is 1160. The Morgan fingerprint density at radius 2 is 1.77 bits per heavy atom. The van der Waals surface area contributed by atoms with Crippen LogP contribution in [0.5, 0.6) is 11.8 Å². The molecule has 11 heteroatoms. The van der Waals surface area contributed by atoms with Crippen molar-refractivity contribution in [1.82, 2.24) is 15.5 Å². The van der Waals surface area contributed by atoms with Gasteiger partial charge >= 0.3 is 6.08 Å². The topological polar surface area (TPSA) is 104 Å². The summed E-state index contributed by atoms with van der Waals surface area (Å²) in [7, 11) is 0. The summed E-state index contributed by atoms with van der Waals surface area (Å²) in [6.45, 7) is 0.0392. The van der Waals surface area contributed by atoms with Crippen LogP contribution in [0.3, 0.4) is 0 Å². The molecule has 2 aromatic carbocycles. The number of hydrogen-bond acceptors (Lipinski definition) is 8. The lowest BCUT2D eigenvalue weighted by Crippen LogP contribution is -2.17. The summed E-state index contributed by atoms with van der Waals surface area (Å²) in [6.07, 6.45) is 1.53. The van der Waals surface area contributed by atoms with E-state index in [1.165, 1.54) is 0 Å². The van der Waals surface area contributed by atoms with Gasteiger partial charge < -0.3 is 13.9 Å². The van der Waals surface area contributed by atoms with Gasteiger partial charge in [0.25, 0.3) is 17.0 Å². The lowest BCUT2D eigenvalue weighted by molar-refractivity contribution is -0.115. The molecule has 0 unspecified atom stereocenters. The van der Waals surface area contributed by atoms with Crippen LogP contribution in [0, 0.1) is 0 Å². The van der Waals surface area contributed by atoms with Crippen LogP contribution in [0.25, 0.3) is 6.08 Å². The van der Waals surface area contributed by atoms with Gasteiger partial charge in [-0.15, -0.1) is 5.10 Å². The van der Waals surface area contributed by atoms with Gasteiger partial charge in [0.1, 0.15) is 12.4 Å². The van der Waals surface area contributed by atoms with Gasteiger partial charge in [-0.3, -0.25) is 14.9 Å². The van der Waals surface area contributed by atoms with Crippen molar-refractivity contribution >= 4 is 52.2 Å². The highest BCUT2D eigenvalue weighted by atomic mass is 35.5. The summed E-state index contributed by atoms with van der Waals surface area (Å²) >= 11 is 13.1. The van der Waals surface area contributed by atoms with Gasteiger partial charge in [0.2, 0.25) is 0 Å². The van der Waals surface area contributed by atoms with E-state index in [0.29, 0.717) is 26.9 Å². The number of benzene rings is 2. The predicted octanol–water partition coefficient (Wildman–Crippen LogP) is 4.86. The van der Waals surface area contributed by atoms with E-state index in [9.17, 15) is 9.59 Å². The third-order valence-corrected chi connectivity index (χ3v) is 5.57. The third kappa shape index (κ3) is 5.19. The van der Waals surface area contributed by atoms with Crippen LogP contribution in [0.2, 0.25) is 10.0 Å². The highest BCUT2D eigenvalue weighted by Crippen LogP contribution is 2.29. The van der Waals surface area contributed by atoms with Crippen LogP contribution in [0.4, 0.5) is 4.79 Å². The Hall–Kier alpha value is -3.01. The Labute approximate surface area is 190 Å². The van der Waals surface area contributed by atoms with Crippen LogP contribution in [0.1, 0.15) is 17.0 Å². The van der Waals surface area contributed by atoms with Crippen LogP contribution in [-0.2, 0) is 18.0 Å². The van der Waals surface area contributed by atoms with Crippen molar-refractivity contribution in [3.63, 3.8) is 0 Å². The minimum atomic E-state index is -0.442. The van der Waals surface area contributed by atoms with E-state index in [0.717, 1.165) is 11.8 Å². The zero-order valence-electron chi connectivity index (χ0n) is 15.6. The maximum absolute atomic E-state index is 11.8. The molecular weight excluding hydrogens is 465 g/mol. The molecule has 1 aliphatic heterocycles. The number of nitrogens with one attached hydrogen (secondary N) is 1. The average molecular weight is 478 g/mol. The maximum atomic E-state index is 11.8. The molecule has 2 heterocycles. The van der Waals surface area contributed by atoms with Crippen LogP contribution >= 0.6 is 35.0 Å². The van der Waals surface area contributed by atoms with Crippen molar-refractivity contribution in [1.29, 1.82) is 0 Å². The number of thioether (sulfide) groups is 1. The summed E-state index contributed by atoms with van der Waals surface area (Å²) in [6, 6.07) is 12.2. The molecule has 4 rings (SSSR count). The molecular formula is C20H13Cl2N3O5S. The second-order valence-corrected chi connectivity index (χ2v) is 7.96. The highest BCUT2D eigenvalue weighted by molar-refractivity contribution is 8.18. The fourth-order valence-electron chi connectivity index (χ4n) is 2.59. The maximum Gasteiger partial charge on any atom is 0.415 e. The van der Waals surface area contributed by atoms with Gasteiger partial charge in [-0.05, 0) is 36.0 Å². The number of para-hydroxylation sites is 1. The molecule has 158 valence electrons. The van der Waals surface area contributed by atoms with Crippen molar-refractivity contribution in [2.24, 2.45) is 0 Å². The van der Waals surface area contributed by atoms with Gasteiger partial charge in [-0.1, -0.05) is 52.6 Å². The summed E-state index contributed by atoms with van der Waals surface area (Å²) in [5.74, 6) is 0.222. The van der Waals surface area contributed by atoms with Crippen LogP contribution < -0.4 is 14.8 Å². The molecule has 1 saturated heterocycles. The van der Waals surface area contributed by atoms with Crippen molar-refractivity contribution in [3.05, 3.63) is 74.4 Å². The number of carbonyl (C=O) groups is 2. The monoisotopic (exact) mass is 477 g/mol. The summed E-state index contributed by atoms with van der Waals surface area (Å²) in [5.41, 5.74) is 1.23. The van der Waals surface area contributed by atoms with Crippen LogP contribution in [-0.4, -0.2) is 21.3 Å². The third-order valence-electron chi connectivity index (χ3n) is 4.05. The van der Waals surface area contributed by atoms with Crippen molar-refractivity contribution < 1.29 is 23.5 Å². The molecule has 1 fully saturated rings. The summed E-state index contributed by atoms with van der Waals surface area (Å²) in [5, 5.41) is 10.4. The highest BCUT2D eigenvalue weighted by Gasteiger charge is 2.25. The molecule has 1 N–H and O–H groups in total. The van der Waals surface area contributed by atoms with Crippen molar-refractivity contribution in [2.45, 2.75) is 13.2 Å². The lowest BCUT2D eigenvalue weighted by atomic mass is 10.2. The SMILES string of the molecule is O=C1NC(=O)/C(=C\c2ccccc2OCc2nnc(OCc3c(Cl)cccc3Cl)o2)S1. The first-order valence-electron chi connectivity index (χ1n) is 8.84. The Morgan fingerprint density at radius 1 is 1.00 bits per heavy atom. The van der Waals surface area contributed by atoms with E-state index in [1.807, 2.05) is 0 Å². The Morgan fingerprint density at radius 3 is 2.52 bits per heavy atom. The fourth-order valence-corrected chi connectivity index (χ4v) is 3.77. The van der Waals surface area contributed by atoms with Gasteiger partial charge in [0, 0.05) is 21.2 Å². The second-order valence-electron chi connectivity index (χ2n) is 6.13. The van der Waals surface area contributed by atoms with E-state index in [-0.39, 0.29) is 30.1 Å². The van der Waals surface area contributed by atoms with E-state index < -0.39 is 11.1 Å². The molecule has 0 saturated carbocycles. The fraction of sp³-hybridized carbons (Fsp3) is 0.100. The number of imide groups is 1. The molecule has 0 bridgehead atoms. The van der Waals surface area contributed by atoms with Crippen LogP contribution in [0.15, 0.2) is 51.8 Å². The number of halogens is 2. The predicted molar refractivity (Wildman–Crippen MR) is 115 cm³/mol. The largest absolute Gasteiger partial charge is 0.483 e.